The normalized spacial score (nSPS) is 12.9. The number of fused-ring (bicyclic) bond motifs is 15. The van der Waals surface area contributed by atoms with Crippen molar-refractivity contribution in [1.82, 2.24) is 37.8 Å². The molecule has 0 unspecified atom stereocenters. The lowest BCUT2D eigenvalue weighted by atomic mass is 9.98. The second-order valence-corrected chi connectivity index (χ2v) is 25.0. The van der Waals surface area contributed by atoms with E-state index >= 15 is 0 Å². The molecule has 0 bridgehead atoms. The van der Waals surface area contributed by atoms with Crippen LogP contribution in [0.4, 0.5) is 0 Å². The number of allylic oxidation sites excluding steroid dienone is 4. The summed E-state index contributed by atoms with van der Waals surface area (Å²) in [5, 5.41) is 12.0. The average Bonchev–Trinajstić information content (AvgIpc) is 1.59. The molecule has 0 spiro atoms. The van der Waals surface area contributed by atoms with Gasteiger partial charge in [0.2, 0.25) is 0 Å². The Balaban J connectivity index is 0.780. The standard InChI is InChI=1S/C87H56N8/c1-3-23-55(24-4-1)85-88-86(57-25-21-28-60(51-57)92-72-37-14-7-29-63(72)64-30-8-15-38-73(64)92)90-87(89-85)58-46-49-81(94-75-40-17-9-31-65(75)66-32-10-18-41-76(66)94)83(53-58)95-77-42-19-12-34-68(77)71-54-61(47-50-80(71)95)93-74-39-16-11-33-67(74)70-52-56(45-48-79(70)93)62-36-22-44-82-84(62)69-35-13-20-43-78(69)91(82)59-26-5-2-6-27-59/h1-20,22-24,26-54H,21,25H2. The highest BCUT2D eigenvalue weighted by Crippen LogP contribution is 2.45. The van der Waals surface area contributed by atoms with Crippen molar-refractivity contribution >= 4 is 120 Å². The third kappa shape index (κ3) is 8.11. The molecule has 0 aliphatic heterocycles. The minimum Gasteiger partial charge on any atom is -0.310 e. The fraction of sp³-hybridized carbons (Fsp3) is 0.0230. The van der Waals surface area contributed by atoms with Gasteiger partial charge >= 0.3 is 0 Å². The highest BCUT2D eigenvalue weighted by molar-refractivity contribution is 6.19. The summed E-state index contributed by atoms with van der Waals surface area (Å²) in [4.78, 5) is 16.3. The number of hydrogen-bond acceptors (Lipinski definition) is 3. The Kier molecular flexibility index (Phi) is 11.7. The van der Waals surface area contributed by atoms with Crippen LogP contribution in [0.5, 0.6) is 0 Å². The number of aromatic nitrogens is 8. The average molecular weight is 1210 g/mol. The molecule has 1 aliphatic carbocycles. The van der Waals surface area contributed by atoms with Crippen LogP contribution < -0.4 is 0 Å². The van der Waals surface area contributed by atoms with E-state index in [1.165, 1.54) is 76.3 Å². The topological polar surface area (TPSA) is 63.3 Å². The largest absolute Gasteiger partial charge is 0.310 e. The van der Waals surface area contributed by atoms with Crippen molar-refractivity contribution < 1.29 is 0 Å². The van der Waals surface area contributed by atoms with Crippen molar-refractivity contribution in [2.75, 3.05) is 0 Å². The summed E-state index contributed by atoms with van der Waals surface area (Å²) in [7, 11) is 0. The van der Waals surface area contributed by atoms with Crippen LogP contribution in [0.1, 0.15) is 18.7 Å². The van der Waals surface area contributed by atoms with E-state index in [9.17, 15) is 0 Å². The molecule has 0 saturated heterocycles. The van der Waals surface area contributed by atoms with Crippen molar-refractivity contribution in [3.8, 4) is 56.7 Å². The lowest BCUT2D eigenvalue weighted by Crippen LogP contribution is -2.07. The van der Waals surface area contributed by atoms with Gasteiger partial charge in [-0.05, 0) is 145 Å². The van der Waals surface area contributed by atoms with Crippen molar-refractivity contribution in [3.63, 3.8) is 0 Å². The zero-order chi connectivity index (χ0) is 62.2. The van der Waals surface area contributed by atoms with E-state index in [4.69, 9.17) is 15.0 Å². The molecular formula is C87H56N8. The molecule has 19 aromatic rings. The quantitative estimate of drug-likeness (QED) is 0.145. The third-order valence-electron chi connectivity index (χ3n) is 19.8. The summed E-state index contributed by atoms with van der Waals surface area (Å²) in [6.07, 6.45) is 6.28. The number of benzene rings is 13. The summed E-state index contributed by atoms with van der Waals surface area (Å²) < 4.78 is 12.2. The molecule has 20 rings (SSSR count). The summed E-state index contributed by atoms with van der Waals surface area (Å²) >= 11 is 0. The van der Waals surface area contributed by atoms with Crippen LogP contribution in [0.15, 0.2) is 315 Å². The minimum atomic E-state index is 0.603. The van der Waals surface area contributed by atoms with E-state index < -0.39 is 0 Å². The monoisotopic (exact) mass is 1210 g/mol. The molecule has 0 fully saturated rings. The zero-order valence-electron chi connectivity index (χ0n) is 51.5. The highest BCUT2D eigenvalue weighted by atomic mass is 15.1. The molecule has 95 heavy (non-hydrogen) atoms. The first-order chi connectivity index (χ1) is 47.1. The van der Waals surface area contributed by atoms with Crippen molar-refractivity contribution in [3.05, 3.63) is 321 Å². The van der Waals surface area contributed by atoms with Gasteiger partial charge in [-0.1, -0.05) is 200 Å². The Morgan fingerprint density at radius 1 is 0.253 bits per heavy atom. The second kappa shape index (κ2) is 20.9. The van der Waals surface area contributed by atoms with Crippen LogP contribution in [0.25, 0.3) is 177 Å². The van der Waals surface area contributed by atoms with Gasteiger partial charge in [-0.3, -0.25) is 0 Å². The van der Waals surface area contributed by atoms with Crippen molar-refractivity contribution in [1.29, 1.82) is 0 Å². The Bertz CT molecular complexity index is 6360. The Morgan fingerprint density at radius 3 is 1.31 bits per heavy atom. The van der Waals surface area contributed by atoms with Crippen LogP contribution in [0, 0.1) is 0 Å². The molecule has 0 saturated carbocycles. The van der Waals surface area contributed by atoms with E-state index in [0.717, 1.165) is 102 Å². The molecule has 1 aliphatic rings. The van der Waals surface area contributed by atoms with Gasteiger partial charge in [-0.2, -0.15) is 0 Å². The Hall–Kier alpha value is -12.7. The SMILES string of the molecule is C1=C(c2nc(-c3ccccc3)nc(-c3ccc(-n4c5ccccc5c5ccccc54)c(-n4c5ccccc5c5cc(-n6c7ccccc7c7cc(-c8cccc9c8c8ccccc8n9-c8ccccc8)ccc76)ccc54)c3)n2)CCC=C1n1c2ccccc2c2ccccc21. The van der Waals surface area contributed by atoms with Gasteiger partial charge in [0, 0.05) is 82.1 Å². The molecule has 0 atom stereocenters. The van der Waals surface area contributed by atoms with Gasteiger partial charge < -0.3 is 22.8 Å². The van der Waals surface area contributed by atoms with Crippen LogP contribution in [-0.2, 0) is 0 Å². The maximum absolute atomic E-state index is 5.54. The number of hydrogen-bond donors (Lipinski definition) is 0. The smallest absolute Gasteiger partial charge is 0.164 e. The van der Waals surface area contributed by atoms with Crippen LogP contribution >= 0.6 is 0 Å². The van der Waals surface area contributed by atoms with Crippen molar-refractivity contribution in [2.45, 2.75) is 12.8 Å². The fourth-order valence-corrected chi connectivity index (χ4v) is 15.7. The highest BCUT2D eigenvalue weighted by Gasteiger charge is 2.25. The molecule has 0 radical (unpaired) electrons. The first kappa shape index (κ1) is 53.1. The van der Waals surface area contributed by atoms with E-state index in [1.54, 1.807) is 0 Å². The number of nitrogens with zero attached hydrogens (tertiary/aromatic N) is 8. The maximum Gasteiger partial charge on any atom is 0.164 e. The summed E-state index contributed by atoms with van der Waals surface area (Å²) in [6.45, 7) is 0. The lowest BCUT2D eigenvalue weighted by molar-refractivity contribution is 0.971. The van der Waals surface area contributed by atoms with E-state index in [0.29, 0.717) is 17.5 Å². The number of rotatable bonds is 9. The van der Waals surface area contributed by atoms with E-state index in [-0.39, 0.29) is 0 Å². The van der Waals surface area contributed by atoms with Crippen LogP contribution in [0.3, 0.4) is 0 Å². The Labute approximate surface area is 545 Å². The molecule has 444 valence electrons. The van der Waals surface area contributed by atoms with Crippen LogP contribution in [-0.4, -0.2) is 37.8 Å². The molecule has 8 nitrogen and oxygen atoms in total. The van der Waals surface area contributed by atoms with E-state index in [2.05, 4.69) is 332 Å². The lowest BCUT2D eigenvalue weighted by Gasteiger charge is -2.19. The first-order valence-corrected chi connectivity index (χ1v) is 32.6. The summed E-state index contributed by atoms with van der Waals surface area (Å²) in [5.41, 5.74) is 22.1. The van der Waals surface area contributed by atoms with Gasteiger partial charge in [0.15, 0.2) is 17.5 Å². The molecule has 0 N–H and O–H groups in total. The van der Waals surface area contributed by atoms with Gasteiger partial charge in [-0.25, -0.2) is 15.0 Å². The molecule has 6 heterocycles. The fourth-order valence-electron chi connectivity index (χ4n) is 15.7. The number of para-hydroxylation sites is 8. The minimum absolute atomic E-state index is 0.603. The first-order valence-electron chi connectivity index (χ1n) is 32.6. The van der Waals surface area contributed by atoms with E-state index in [1.807, 2.05) is 6.07 Å². The molecule has 0 amide bonds. The second-order valence-electron chi connectivity index (χ2n) is 25.0. The maximum atomic E-state index is 5.54. The predicted octanol–water partition coefficient (Wildman–Crippen LogP) is 22.1. The molecule has 6 aromatic heterocycles. The van der Waals surface area contributed by atoms with Gasteiger partial charge in [0.1, 0.15) is 0 Å². The zero-order valence-corrected chi connectivity index (χ0v) is 51.5. The molecule has 8 heteroatoms. The molecule has 13 aromatic carbocycles. The van der Waals surface area contributed by atoms with Gasteiger partial charge in [0.05, 0.1) is 66.5 Å². The Morgan fingerprint density at radius 2 is 0.684 bits per heavy atom. The van der Waals surface area contributed by atoms with Gasteiger partial charge in [0.25, 0.3) is 0 Å². The van der Waals surface area contributed by atoms with Crippen molar-refractivity contribution in [2.24, 2.45) is 0 Å². The van der Waals surface area contributed by atoms with Gasteiger partial charge in [-0.15, -0.1) is 0 Å². The molecular weight excluding hydrogens is 1160 g/mol. The predicted molar refractivity (Wildman–Crippen MR) is 394 cm³/mol. The van der Waals surface area contributed by atoms with Crippen LogP contribution in [0.2, 0.25) is 0 Å². The summed E-state index contributed by atoms with van der Waals surface area (Å²) in [6, 6.07) is 110. The third-order valence-corrected chi connectivity index (χ3v) is 19.8. The summed E-state index contributed by atoms with van der Waals surface area (Å²) in [5.74, 6) is 1.90.